The molecular formula is C24H30N2. The number of aliphatic imine (C=N–C) groups is 1. The molecule has 0 aromatic heterocycles. The van der Waals surface area contributed by atoms with Crippen LogP contribution in [0.15, 0.2) is 53.5 Å². The molecule has 0 N–H and O–H groups in total. The molecule has 136 valence electrons. The van der Waals surface area contributed by atoms with Crippen LogP contribution >= 0.6 is 0 Å². The standard InChI is InChI=1S/C24H30N2/c1-7-17(2)20-9-11-21(12-10-20)25-16-19-8-13-23-22(14-19)18(3)15-24(4,5)26(23)6/h8-17H,7H2,1-6H3. The van der Waals surface area contributed by atoms with Gasteiger partial charge in [0.05, 0.1) is 11.2 Å². The summed E-state index contributed by atoms with van der Waals surface area (Å²) in [5.74, 6) is 0.602. The third-order valence-corrected chi connectivity index (χ3v) is 5.68. The number of allylic oxidation sites excluding steroid dienone is 1. The van der Waals surface area contributed by atoms with E-state index >= 15 is 0 Å². The van der Waals surface area contributed by atoms with Gasteiger partial charge in [-0.25, -0.2) is 0 Å². The number of rotatable bonds is 4. The lowest BCUT2D eigenvalue weighted by Crippen LogP contribution is -2.42. The maximum absolute atomic E-state index is 4.67. The van der Waals surface area contributed by atoms with Gasteiger partial charge in [-0.05, 0) is 74.1 Å². The van der Waals surface area contributed by atoms with Crippen molar-refractivity contribution in [2.45, 2.75) is 52.5 Å². The van der Waals surface area contributed by atoms with E-state index in [2.05, 4.69) is 100 Å². The van der Waals surface area contributed by atoms with Gasteiger partial charge in [0.1, 0.15) is 0 Å². The first kappa shape index (κ1) is 18.4. The molecule has 1 unspecified atom stereocenters. The highest BCUT2D eigenvalue weighted by atomic mass is 15.2. The largest absolute Gasteiger partial charge is 0.366 e. The predicted octanol–water partition coefficient (Wildman–Crippen LogP) is 6.58. The second kappa shape index (κ2) is 7.11. The zero-order chi connectivity index (χ0) is 18.9. The van der Waals surface area contributed by atoms with Crippen molar-refractivity contribution in [3.8, 4) is 0 Å². The molecule has 2 nitrogen and oxygen atoms in total. The molecule has 2 aromatic carbocycles. The fourth-order valence-electron chi connectivity index (χ4n) is 3.53. The third kappa shape index (κ3) is 3.60. The summed E-state index contributed by atoms with van der Waals surface area (Å²) in [5.41, 5.74) is 7.47. The summed E-state index contributed by atoms with van der Waals surface area (Å²) in [5, 5.41) is 0. The van der Waals surface area contributed by atoms with E-state index in [0.717, 1.165) is 17.7 Å². The minimum Gasteiger partial charge on any atom is -0.366 e. The molecule has 1 atom stereocenters. The lowest BCUT2D eigenvalue weighted by molar-refractivity contribution is 0.598. The Morgan fingerprint density at radius 2 is 1.81 bits per heavy atom. The number of hydrogen-bond donors (Lipinski definition) is 0. The van der Waals surface area contributed by atoms with Gasteiger partial charge in [-0.3, -0.25) is 4.99 Å². The van der Waals surface area contributed by atoms with E-state index < -0.39 is 0 Å². The molecule has 0 fully saturated rings. The topological polar surface area (TPSA) is 15.6 Å². The highest BCUT2D eigenvalue weighted by Gasteiger charge is 2.28. The molecule has 1 aliphatic rings. The smallest absolute Gasteiger partial charge is 0.0630 e. The van der Waals surface area contributed by atoms with Crippen LogP contribution in [0.1, 0.15) is 63.6 Å². The molecule has 0 spiro atoms. The number of anilines is 1. The maximum Gasteiger partial charge on any atom is 0.0630 e. The third-order valence-electron chi connectivity index (χ3n) is 5.68. The molecule has 26 heavy (non-hydrogen) atoms. The second-order valence-corrected chi connectivity index (χ2v) is 7.98. The quantitative estimate of drug-likeness (QED) is 0.571. The van der Waals surface area contributed by atoms with Crippen molar-refractivity contribution in [1.82, 2.24) is 0 Å². The van der Waals surface area contributed by atoms with Crippen LogP contribution in [-0.2, 0) is 0 Å². The summed E-state index contributed by atoms with van der Waals surface area (Å²) in [6.45, 7) is 11.2. The Hall–Kier alpha value is -2.35. The zero-order valence-electron chi connectivity index (χ0n) is 16.9. The van der Waals surface area contributed by atoms with Gasteiger partial charge in [0.25, 0.3) is 0 Å². The fraction of sp³-hybridized carbons (Fsp3) is 0.375. The first-order valence-electron chi connectivity index (χ1n) is 9.53. The number of nitrogens with zero attached hydrogens (tertiary/aromatic N) is 2. The van der Waals surface area contributed by atoms with Crippen LogP contribution < -0.4 is 4.90 Å². The normalized spacial score (nSPS) is 17.2. The van der Waals surface area contributed by atoms with Gasteiger partial charge in [0.2, 0.25) is 0 Å². The summed E-state index contributed by atoms with van der Waals surface area (Å²) >= 11 is 0. The summed E-state index contributed by atoms with van der Waals surface area (Å²) in [4.78, 5) is 7.00. The Kier molecular flexibility index (Phi) is 5.04. The van der Waals surface area contributed by atoms with E-state index in [-0.39, 0.29) is 5.54 Å². The van der Waals surface area contributed by atoms with Crippen LogP contribution in [0.25, 0.3) is 5.57 Å². The molecule has 1 heterocycles. The van der Waals surface area contributed by atoms with Crippen LogP contribution in [-0.4, -0.2) is 18.8 Å². The first-order valence-corrected chi connectivity index (χ1v) is 9.53. The van der Waals surface area contributed by atoms with Crippen LogP contribution in [0.2, 0.25) is 0 Å². The fourth-order valence-corrected chi connectivity index (χ4v) is 3.53. The molecule has 1 aliphatic heterocycles. The number of benzene rings is 2. The minimum atomic E-state index is 0.0457. The van der Waals surface area contributed by atoms with Crippen molar-refractivity contribution >= 4 is 23.2 Å². The minimum absolute atomic E-state index is 0.0457. The van der Waals surface area contributed by atoms with Gasteiger partial charge in [0.15, 0.2) is 0 Å². The van der Waals surface area contributed by atoms with Gasteiger partial charge in [0, 0.05) is 24.5 Å². The summed E-state index contributed by atoms with van der Waals surface area (Å²) in [7, 11) is 2.16. The average Bonchev–Trinajstić information content (AvgIpc) is 2.64. The number of hydrogen-bond acceptors (Lipinski definition) is 2. The maximum atomic E-state index is 4.67. The number of fused-ring (bicyclic) bond motifs is 1. The SMILES string of the molecule is CCC(C)c1ccc(N=Cc2ccc3c(c2)C(C)=CC(C)(C)N3C)cc1. The molecule has 0 radical (unpaired) electrons. The predicted molar refractivity (Wildman–Crippen MR) is 115 cm³/mol. The Labute approximate surface area is 158 Å². The Balaban J connectivity index is 1.84. The van der Waals surface area contributed by atoms with Gasteiger partial charge >= 0.3 is 0 Å². The lowest BCUT2D eigenvalue weighted by atomic mass is 9.89. The molecule has 0 amide bonds. The molecule has 3 rings (SSSR count). The highest BCUT2D eigenvalue weighted by Crippen LogP contribution is 2.38. The zero-order valence-corrected chi connectivity index (χ0v) is 16.9. The van der Waals surface area contributed by atoms with Crippen LogP contribution in [0.5, 0.6) is 0 Å². The molecule has 2 aromatic rings. The monoisotopic (exact) mass is 346 g/mol. The summed E-state index contributed by atoms with van der Waals surface area (Å²) in [6.07, 6.45) is 5.46. The second-order valence-electron chi connectivity index (χ2n) is 7.98. The molecule has 0 saturated carbocycles. The van der Waals surface area contributed by atoms with Crippen molar-refractivity contribution in [3.63, 3.8) is 0 Å². The van der Waals surface area contributed by atoms with E-state index in [9.17, 15) is 0 Å². The van der Waals surface area contributed by atoms with Gasteiger partial charge < -0.3 is 4.90 Å². The van der Waals surface area contributed by atoms with Gasteiger partial charge in [-0.2, -0.15) is 0 Å². The van der Waals surface area contributed by atoms with E-state index in [1.165, 1.54) is 22.4 Å². The van der Waals surface area contributed by atoms with Crippen molar-refractivity contribution in [1.29, 1.82) is 0 Å². The van der Waals surface area contributed by atoms with Gasteiger partial charge in [-0.1, -0.05) is 38.1 Å². The Bertz CT molecular complexity index is 841. The average molecular weight is 347 g/mol. The van der Waals surface area contributed by atoms with Crippen LogP contribution in [0, 0.1) is 0 Å². The highest BCUT2D eigenvalue weighted by molar-refractivity contribution is 5.88. The Morgan fingerprint density at radius 3 is 2.46 bits per heavy atom. The molecular weight excluding hydrogens is 316 g/mol. The van der Waals surface area contributed by atoms with Gasteiger partial charge in [-0.15, -0.1) is 0 Å². The number of likely N-dealkylation sites (N-methyl/N-ethyl adjacent to an activating group) is 1. The van der Waals surface area contributed by atoms with Crippen molar-refractivity contribution in [2.24, 2.45) is 4.99 Å². The van der Waals surface area contributed by atoms with Crippen molar-refractivity contribution in [3.05, 3.63) is 65.2 Å². The summed E-state index contributed by atoms with van der Waals surface area (Å²) in [6, 6.07) is 15.2. The molecule has 2 heteroatoms. The van der Waals surface area contributed by atoms with Crippen molar-refractivity contribution < 1.29 is 0 Å². The van der Waals surface area contributed by atoms with Crippen LogP contribution in [0.4, 0.5) is 11.4 Å². The summed E-state index contributed by atoms with van der Waals surface area (Å²) < 4.78 is 0. The van der Waals surface area contributed by atoms with E-state index in [1.54, 1.807) is 0 Å². The first-order chi connectivity index (χ1) is 12.3. The Morgan fingerprint density at radius 1 is 1.12 bits per heavy atom. The van der Waals surface area contributed by atoms with E-state index in [0.29, 0.717) is 5.92 Å². The molecule has 0 aliphatic carbocycles. The lowest BCUT2D eigenvalue weighted by Gasteiger charge is -2.40. The van der Waals surface area contributed by atoms with Crippen LogP contribution in [0.3, 0.4) is 0 Å². The molecule has 0 saturated heterocycles. The van der Waals surface area contributed by atoms with E-state index in [4.69, 9.17) is 0 Å². The van der Waals surface area contributed by atoms with Crippen molar-refractivity contribution in [2.75, 3.05) is 11.9 Å². The van der Waals surface area contributed by atoms with E-state index in [1.807, 2.05) is 6.21 Å². The molecule has 0 bridgehead atoms.